The largest absolute Gasteiger partial charge is 0.493 e. The number of rotatable bonds is 9. The van der Waals surface area contributed by atoms with Gasteiger partial charge in [-0.15, -0.1) is 0 Å². The molecule has 0 bridgehead atoms. The van der Waals surface area contributed by atoms with Crippen molar-refractivity contribution in [3.8, 4) is 11.5 Å². The number of aromatic amines is 1. The predicted octanol–water partition coefficient (Wildman–Crippen LogP) is 4.41. The van der Waals surface area contributed by atoms with Gasteiger partial charge in [0.25, 0.3) is 0 Å². The molecule has 7 heteroatoms. The van der Waals surface area contributed by atoms with E-state index in [1.807, 2.05) is 72.8 Å². The minimum Gasteiger partial charge on any atom is -0.493 e. The van der Waals surface area contributed by atoms with Crippen molar-refractivity contribution >= 4 is 17.1 Å². The average Bonchev–Trinajstić information content (AvgIpc) is 3.28. The number of benzene rings is 3. The summed E-state index contributed by atoms with van der Waals surface area (Å²) in [6.07, 6.45) is 1.30. The summed E-state index contributed by atoms with van der Waals surface area (Å²) in [6, 6.07) is 23.1. The number of amides is 2. The number of carbonyl (C=O) groups is 1. The van der Waals surface area contributed by atoms with E-state index in [4.69, 9.17) is 14.5 Å². The summed E-state index contributed by atoms with van der Waals surface area (Å²) < 4.78 is 10.6. The summed E-state index contributed by atoms with van der Waals surface area (Å²) in [6.45, 7) is 0.486. The molecule has 0 fully saturated rings. The monoisotopic (exact) mass is 444 g/mol. The summed E-state index contributed by atoms with van der Waals surface area (Å²) in [4.78, 5) is 20.8. The maximum Gasteiger partial charge on any atom is 0.315 e. The van der Waals surface area contributed by atoms with Crippen LogP contribution in [0.2, 0.25) is 0 Å². The molecule has 0 spiro atoms. The normalized spacial score (nSPS) is 11.7. The summed E-state index contributed by atoms with van der Waals surface area (Å²) in [7, 11) is 3.22. The fourth-order valence-electron chi connectivity index (χ4n) is 3.77. The van der Waals surface area contributed by atoms with Gasteiger partial charge in [-0.05, 0) is 48.2 Å². The van der Waals surface area contributed by atoms with E-state index in [0.29, 0.717) is 30.9 Å². The van der Waals surface area contributed by atoms with Gasteiger partial charge in [0.15, 0.2) is 11.5 Å². The molecule has 170 valence electrons. The molecule has 0 aliphatic carbocycles. The molecule has 2 amide bonds. The summed E-state index contributed by atoms with van der Waals surface area (Å²) in [5.41, 5.74) is 3.99. The van der Waals surface area contributed by atoms with Gasteiger partial charge in [-0.3, -0.25) is 0 Å². The van der Waals surface area contributed by atoms with Gasteiger partial charge in [-0.1, -0.05) is 48.5 Å². The second-order valence-corrected chi connectivity index (χ2v) is 7.72. The SMILES string of the molecule is COc1ccc(CCNC(=O)NC(Cc2ccccc2)c2nc3ccccc3[nH]2)cc1OC. The third-order valence-electron chi connectivity index (χ3n) is 5.47. The second kappa shape index (κ2) is 10.5. The van der Waals surface area contributed by atoms with Gasteiger partial charge in [-0.25, -0.2) is 9.78 Å². The van der Waals surface area contributed by atoms with Crippen LogP contribution in [0.25, 0.3) is 11.0 Å². The quantitative estimate of drug-likeness (QED) is 0.357. The lowest BCUT2D eigenvalue weighted by atomic mass is 10.1. The summed E-state index contributed by atoms with van der Waals surface area (Å²) in [5.74, 6) is 2.09. The first-order valence-corrected chi connectivity index (χ1v) is 10.9. The van der Waals surface area contributed by atoms with Gasteiger partial charge >= 0.3 is 6.03 Å². The molecule has 4 rings (SSSR count). The number of ether oxygens (including phenoxy) is 2. The maximum absolute atomic E-state index is 12.7. The molecule has 7 nitrogen and oxygen atoms in total. The topological polar surface area (TPSA) is 88.3 Å². The van der Waals surface area contributed by atoms with Crippen LogP contribution >= 0.6 is 0 Å². The van der Waals surface area contributed by atoms with Crippen LogP contribution in [0, 0.1) is 0 Å². The molecule has 3 aromatic carbocycles. The van der Waals surface area contributed by atoms with E-state index in [1.165, 1.54) is 0 Å². The van der Waals surface area contributed by atoms with Crippen molar-refractivity contribution in [3.63, 3.8) is 0 Å². The van der Waals surface area contributed by atoms with E-state index >= 15 is 0 Å². The van der Waals surface area contributed by atoms with E-state index in [-0.39, 0.29) is 12.1 Å². The minimum absolute atomic E-state index is 0.239. The van der Waals surface area contributed by atoms with Crippen molar-refractivity contribution in [2.24, 2.45) is 0 Å². The Labute approximate surface area is 193 Å². The number of carbonyl (C=O) groups excluding carboxylic acids is 1. The Balaban J connectivity index is 1.41. The fourth-order valence-corrected chi connectivity index (χ4v) is 3.77. The highest BCUT2D eigenvalue weighted by Crippen LogP contribution is 2.27. The molecular weight excluding hydrogens is 416 g/mol. The molecule has 0 aliphatic heterocycles. The van der Waals surface area contributed by atoms with Crippen LogP contribution in [0.15, 0.2) is 72.8 Å². The maximum atomic E-state index is 12.7. The Morgan fingerprint density at radius 3 is 2.45 bits per heavy atom. The van der Waals surface area contributed by atoms with Crippen LogP contribution < -0.4 is 20.1 Å². The lowest BCUT2D eigenvalue weighted by Crippen LogP contribution is -2.40. The molecule has 3 N–H and O–H groups in total. The third kappa shape index (κ3) is 5.63. The number of H-pyrrole nitrogens is 1. The van der Waals surface area contributed by atoms with Crippen LogP contribution in [0.5, 0.6) is 11.5 Å². The van der Waals surface area contributed by atoms with Gasteiger partial charge in [0.05, 0.1) is 31.3 Å². The van der Waals surface area contributed by atoms with E-state index in [1.54, 1.807) is 14.2 Å². The highest BCUT2D eigenvalue weighted by Gasteiger charge is 2.19. The Hall–Kier alpha value is -4.00. The van der Waals surface area contributed by atoms with Gasteiger partial charge in [0.1, 0.15) is 5.82 Å². The number of hydrogen-bond donors (Lipinski definition) is 3. The van der Waals surface area contributed by atoms with Gasteiger partial charge in [0, 0.05) is 6.54 Å². The van der Waals surface area contributed by atoms with Gasteiger partial charge < -0.3 is 25.1 Å². The number of imidazole rings is 1. The van der Waals surface area contributed by atoms with Crippen molar-refractivity contribution in [3.05, 3.63) is 89.7 Å². The van der Waals surface area contributed by atoms with Crippen LogP contribution in [0.3, 0.4) is 0 Å². The highest BCUT2D eigenvalue weighted by atomic mass is 16.5. The first-order valence-electron chi connectivity index (χ1n) is 10.9. The third-order valence-corrected chi connectivity index (χ3v) is 5.47. The van der Waals surface area contributed by atoms with Crippen LogP contribution in [0.4, 0.5) is 4.79 Å². The van der Waals surface area contributed by atoms with Crippen molar-refractivity contribution in [1.29, 1.82) is 0 Å². The standard InChI is InChI=1S/C26H28N4O3/c1-32-23-13-12-19(17-24(23)33-2)14-15-27-26(31)30-22(16-18-8-4-3-5-9-18)25-28-20-10-6-7-11-21(20)29-25/h3-13,17,22H,14-16H2,1-2H3,(H,28,29)(H2,27,30,31). The lowest BCUT2D eigenvalue weighted by Gasteiger charge is -2.18. The van der Waals surface area contributed by atoms with E-state index in [0.717, 1.165) is 28.0 Å². The number of nitrogens with one attached hydrogen (secondary N) is 3. The molecule has 4 aromatic rings. The fraction of sp³-hybridized carbons (Fsp3) is 0.231. The molecule has 0 saturated carbocycles. The number of hydrogen-bond acceptors (Lipinski definition) is 4. The molecule has 1 unspecified atom stereocenters. The highest BCUT2D eigenvalue weighted by molar-refractivity contribution is 5.76. The molecule has 1 heterocycles. The zero-order valence-electron chi connectivity index (χ0n) is 18.8. The Morgan fingerprint density at radius 2 is 1.70 bits per heavy atom. The number of urea groups is 1. The lowest BCUT2D eigenvalue weighted by molar-refractivity contribution is 0.236. The Bertz CT molecular complexity index is 1170. The number of fused-ring (bicyclic) bond motifs is 1. The molecule has 0 aliphatic rings. The molecule has 0 saturated heterocycles. The summed E-state index contributed by atoms with van der Waals surface area (Å²) in [5, 5.41) is 6.03. The van der Waals surface area contributed by atoms with Gasteiger partial charge in [-0.2, -0.15) is 0 Å². The molecule has 1 atom stereocenters. The van der Waals surface area contributed by atoms with Crippen molar-refractivity contribution < 1.29 is 14.3 Å². The zero-order chi connectivity index (χ0) is 23.0. The minimum atomic E-state index is -0.291. The summed E-state index contributed by atoms with van der Waals surface area (Å²) >= 11 is 0. The van der Waals surface area contributed by atoms with E-state index in [9.17, 15) is 4.79 Å². The number of para-hydroxylation sites is 2. The van der Waals surface area contributed by atoms with Crippen molar-refractivity contribution in [1.82, 2.24) is 20.6 Å². The van der Waals surface area contributed by atoms with E-state index < -0.39 is 0 Å². The Morgan fingerprint density at radius 1 is 0.939 bits per heavy atom. The smallest absolute Gasteiger partial charge is 0.315 e. The number of aromatic nitrogens is 2. The number of methoxy groups -OCH3 is 2. The van der Waals surface area contributed by atoms with Crippen LogP contribution in [-0.2, 0) is 12.8 Å². The first-order chi connectivity index (χ1) is 16.2. The van der Waals surface area contributed by atoms with Crippen molar-refractivity contribution in [2.75, 3.05) is 20.8 Å². The van der Waals surface area contributed by atoms with Crippen LogP contribution in [0.1, 0.15) is 23.0 Å². The first kappa shape index (κ1) is 22.2. The van der Waals surface area contributed by atoms with Crippen LogP contribution in [-0.4, -0.2) is 36.8 Å². The van der Waals surface area contributed by atoms with Gasteiger partial charge in [0.2, 0.25) is 0 Å². The molecule has 0 radical (unpaired) electrons. The Kier molecular flexibility index (Phi) is 7.09. The molecular formula is C26H28N4O3. The average molecular weight is 445 g/mol. The second-order valence-electron chi connectivity index (χ2n) is 7.72. The number of nitrogens with zero attached hydrogens (tertiary/aromatic N) is 1. The molecule has 1 aromatic heterocycles. The van der Waals surface area contributed by atoms with Crippen molar-refractivity contribution in [2.45, 2.75) is 18.9 Å². The van der Waals surface area contributed by atoms with E-state index in [2.05, 4.69) is 15.6 Å². The predicted molar refractivity (Wildman–Crippen MR) is 129 cm³/mol. The zero-order valence-corrected chi connectivity index (χ0v) is 18.8. The molecule has 33 heavy (non-hydrogen) atoms.